The molecule has 35 heavy (non-hydrogen) atoms. The number of carbonyl (C=O) groups excluding carboxylic acids is 3. The van der Waals surface area contributed by atoms with E-state index in [1.807, 2.05) is 13.8 Å². The minimum atomic E-state index is -0.726. The zero-order valence-electron chi connectivity index (χ0n) is 21.6. The lowest BCUT2D eigenvalue weighted by Crippen LogP contribution is -2.54. The van der Waals surface area contributed by atoms with Crippen molar-refractivity contribution < 1.29 is 28.6 Å². The lowest BCUT2D eigenvalue weighted by Gasteiger charge is -2.38. The minimum Gasteiger partial charge on any atom is -0.494 e. The van der Waals surface area contributed by atoms with E-state index in [-0.39, 0.29) is 24.8 Å². The van der Waals surface area contributed by atoms with Gasteiger partial charge in [0.05, 0.1) is 37.8 Å². The first-order valence-corrected chi connectivity index (χ1v) is 11.8. The average Bonchev–Trinajstić information content (AvgIpc) is 2.79. The Bertz CT molecular complexity index is 982. The van der Waals surface area contributed by atoms with E-state index in [4.69, 9.17) is 19.2 Å². The largest absolute Gasteiger partial charge is 0.494 e. The number of alkyl carbamates (subject to hydrolysis) is 1. The number of ether oxygens (including phenoxy) is 3. The van der Waals surface area contributed by atoms with Crippen molar-refractivity contribution in [2.45, 2.75) is 78.0 Å². The van der Waals surface area contributed by atoms with Crippen LogP contribution in [0.1, 0.15) is 76.2 Å². The Morgan fingerprint density at radius 1 is 1.29 bits per heavy atom. The van der Waals surface area contributed by atoms with Crippen LogP contribution < -0.4 is 10.1 Å². The highest BCUT2D eigenvalue weighted by Crippen LogP contribution is 2.33. The molecule has 9 nitrogen and oxygen atoms in total. The monoisotopic (exact) mass is 487 g/mol. The van der Waals surface area contributed by atoms with E-state index in [0.717, 1.165) is 0 Å². The predicted octanol–water partition coefficient (Wildman–Crippen LogP) is 4.60. The van der Waals surface area contributed by atoms with Crippen LogP contribution in [0.4, 0.5) is 4.79 Å². The molecular formula is C26H37N3O6. The molecule has 1 N–H and O–H groups in total. The molecule has 0 aliphatic carbocycles. The minimum absolute atomic E-state index is 0.0366. The van der Waals surface area contributed by atoms with Gasteiger partial charge in [0.2, 0.25) is 11.9 Å². The normalized spacial score (nSPS) is 17.9. The number of hydrogen-bond donors (Lipinski definition) is 1. The van der Waals surface area contributed by atoms with Crippen molar-refractivity contribution in [2.24, 2.45) is 4.99 Å². The number of esters is 1. The van der Waals surface area contributed by atoms with Crippen molar-refractivity contribution in [3.63, 3.8) is 0 Å². The molecule has 2 rings (SSSR count). The first-order chi connectivity index (χ1) is 16.5. The van der Waals surface area contributed by atoms with Crippen LogP contribution in [0.15, 0.2) is 35.8 Å². The molecule has 0 bridgehead atoms. The number of benzene rings is 1. The van der Waals surface area contributed by atoms with Gasteiger partial charge in [0.1, 0.15) is 11.4 Å². The molecule has 1 aromatic carbocycles. The van der Waals surface area contributed by atoms with E-state index in [1.165, 1.54) is 12.0 Å². The van der Waals surface area contributed by atoms with Gasteiger partial charge in [-0.15, -0.1) is 6.58 Å². The summed E-state index contributed by atoms with van der Waals surface area (Å²) in [5.74, 6) is -0.0896. The Hall–Kier alpha value is -3.36. The molecule has 1 unspecified atom stereocenters. The number of carbonyl (C=O) groups is 3. The first-order valence-electron chi connectivity index (χ1n) is 11.8. The molecular weight excluding hydrogens is 450 g/mol. The summed E-state index contributed by atoms with van der Waals surface area (Å²) in [6.07, 6.45) is 3.17. The fourth-order valence-corrected chi connectivity index (χ4v) is 3.78. The summed E-state index contributed by atoms with van der Waals surface area (Å²) in [6, 6.07) is 4.89. The third-order valence-electron chi connectivity index (χ3n) is 5.57. The number of aliphatic imine (C=N–C) groups is 1. The van der Waals surface area contributed by atoms with Gasteiger partial charge in [0.25, 0.3) is 0 Å². The van der Waals surface area contributed by atoms with Gasteiger partial charge < -0.3 is 14.2 Å². The van der Waals surface area contributed by atoms with Crippen LogP contribution in [0.2, 0.25) is 0 Å². The molecule has 1 atom stereocenters. The first kappa shape index (κ1) is 27.9. The lowest BCUT2D eigenvalue weighted by molar-refractivity contribution is -0.130. The van der Waals surface area contributed by atoms with Crippen LogP contribution in [0.3, 0.4) is 0 Å². The molecule has 1 aromatic rings. The summed E-state index contributed by atoms with van der Waals surface area (Å²) in [5, 5.41) is 2.68. The Balaban J connectivity index is 2.51. The van der Waals surface area contributed by atoms with Gasteiger partial charge in [-0.1, -0.05) is 13.0 Å². The number of rotatable bonds is 9. The van der Waals surface area contributed by atoms with Crippen molar-refractivity contribution in [3.8, 4) is 5.75 Å². The molecule has 192 valence electrons. The molecule has 0 spiro atoms. The highest BCUT2D eigenvalue weighted by atomic mass is 16.6. The average molecular weight is 488 g/mol. The van der Waals surface area contributed by atoms with Crippen molar-refractivity contribution in [3.05, 3.63) is 42.0 Å². The van der Waals surface area contributed by atoms with Crippen LogP contribution >= 0.6 is 0 Å². The van der Waals surface area contributed by atoms with Gasteiger partial charge in [-0.05, 0) is 65.2 Å². The van der Waals surface area contributed by atoms with Gasteiger partial charge in [0.15, 0.2) is 0 Å². The molecule has 1 heterocycles. The maximum Gasteiger partial charge on any atom is 0.414 e. The Labute approximate surface area is 207 Å². The molecule has 0 fully saturated rings. The van der Waals surface area contributed by atoms with Crippen molar-refractivity contribution >= 4 is 23.9 Å². The zero-order valence-corrected chi connectivity index (χ0v) is 21.6. The molecule has 0 radical (unpaired) electrons. The van der Waals surface area contributed by atoms with E-state index in [9.17, 15) is 14.4 Å². The number of nitrogens with one attached hydrogen (secondary N) is 1. The number of methoxy groups -OCH3 is 1. The number of amides is 2. The van der Waals surface area contributed by atoms with Crippen LogP contribution in [0, 0.1) is 0 Å². The third kappa shape index (κ3) is 7.56. The highest BCUT2D eigenvalue weighted by molar-refractivity contribution is 6.05. The van der Waals surface area contributed by atoms with Crippen LogP contribution in [0.5, 0.6) is 5.75 Å². The summed E-state index contributed by atoms with van der Waals surface area (Å²) in [6.45, 7) is 13.3. The zero-order chi connectivity index (χ0) is 26.2. The summed E-state index contributed by atoms with van der Waals surface area (Å²) in [5.41, 5.74) is -0.488. The molecule has 0 saturated heterocycles. The van der Waals surface area contributed by atoms with E-state index >= 15 is 0 Å². The Morgan fingerprint density at radius 3 is 2.57 bits per heavy atom. The van der Waals surface area contributed by atoms with Gasteiger partial charge in [-0.25, -0.2) is 14.6 Å². The number of nitrogens with zero attached hydrogens (tertiary/aromatic N) is 2. The molecule has 1 aliphatic heterocycles. The van der Waals surface area contributed by atoms with Gasteiger partial charge >= 0.3 is 12.1 Å². The van der Waals surface area contributed by atoms with E-state index in [1.54, 1.807) is 45.0 Å². The standard InChI is InChI=1S/C26H37N3O6/c1-8-11-14-26(9-2)16-21(30)29(23(28-26)27-24(32)35-25(4,5)6)17-19-15-18(22(31)33-7)12-13-20(19)34-10-3/h8,12-13,15H,1,9-11,14,16-17H2,2-7H3,(H,27,28,32). The SMILES string of the molecule is C=CCCC1(CC)CC(=O)N(Cc2cc(C(=O)OC)ccc2OCC)C(NC(=O)OC(C)(C)C)=N1. The molecule has 0 saturated carbocycles. The Kier molecular flexibility index (Phi) is 9.45. The second-order valence-electron chi connectivity index (χ2n) is 9.37. The van der Waals surface area contributed by atoms with Crippen LogP contribution in [-0.2, 0) is 20.8 Å². The molecule has 0 aromatic heterocycles. The van der Waals surface area contributed by atoms with Crippen LogP contribution in [0.25, 0.3) is 0 Å². The fraction of sp³-hybridized carbons (Fsp3) is 0.538. The van der Waals surface area contributed by atoms with Gasteiger partial charge in [-0.3, -0.25) is 15.0 Å². The van der Waals surface area contributed by atoms with Gasteiger partial charge in [-0.2, -0.15) is 0 Å². The van der Waals surface area contributed by atoms with Crippen molar-refractivity contribution in [2.75, 3.05) is 13.7 Å². The van der Waals surface area contributed by atoms with Crippen molar-refractivity contribution in [1.82, 2.24) is 10.2 Å². The molecule has 1 aliphatic rings. The van der Waals surface area contributed by atoms with E-state index in [0.29, 0.717) is 42.7 Å². The van der Waals surface area contributed by atoms with E-state index < -0.39 is 23.2 Å². The highest BCUT2D eigenvalue weighted by Gasteiger charge is 2.40. The second kappa shape index (κ2) is 11.9. The quantitative estimate of drug-likeness (QED) is 0.403. The molecule has 2 amide bonds. The predicted molar refractivity (Wildman–Crippen MR) is 133 cm³/mol. The van der Waals surface area contributed by atoms with E-state index in [2.05, 4.69) is 11.9 Å². The maximum absolute atomic E-state index is 13.5. The second-order valence-corrected chi connectivity index (χ2v) is 9.37. The number of hydrogen-bond acceptors (Lipinski definition) is 7. The fourth-order valence-electron chi connectivity index (χ4n) is 3.78. The smallest absolute Gasteiger partial charge is 0.414 e. The van der Waals surface area contributed by atoms with Crippen LogP contribution in [-0.4, -0.2) is 53.7 Å². The van der Waals surface area contributed by atoms with Crippen molar-refractivity contribution in [1.29, 1.82) is 0 Å². The number of guanidine groups is 1. The number of allylic oxidation sites excluding steroid dienone is 1. The lowest BCUT2D eigenvalue weighted by atomic mass is 9.86. The summed E-state index contributed by atoms with van der Waals surface area (Å²) in [4.78, 5) is 44.4. The Morgan fingerprint density at radius 2 is 2.00 bits per heavy atom. The molecule has 9 heteroatoms. The third-order valence-corrected chi connectivity index (χ3v) is 5.57. The maximum atomic E-state index is 13.5. The van der Waals surface area contributed by atoms with Gasteiger partial charge in [0, 0.05) is 5.56 Å². The summed E-state index contributed by atoms with van der Waals surface area (Å²) in [7, 11) is 1.30. The topological polar surface area (TPSA) is 107 Å². The summed E-state index contributed by atoms with van der Waals surface area (Å²) >= 11 is 0. The summed E-state index contributed by atoms with van der Waals surface area (Å²) < 4.78 is 16.0.